The highest BCUT2D eigenvalue weighted by Gasteiger charge is 2.74. The standard InChI is InChI=1S/C27H30N2O6/c1-26(2)23-21(12-13-34-23)27(26,24(32)29(3)14-22(30)31)28-25(33)35-15-20-18-10-6-4-8-16(18)17-9-5-7-11-19(17)20/h4-11,20-21,23H,12-15H2,1-3H3,(H,28,33)(H,30,31). The fraction of sp³-hybridized carbons (Fsp3) is 0.444. The van der Waals surface area contributed by atoms with Crippen LogP contribution in [0.2, 0.25) is 0 Å². The van der Waals surface area contributed by atoms with E-state index in [1.54, 1.807) is 0 Å². The summed E-state index contributed by atoms with van der Waals surface area (Å²) in [5.41, 5.74) is 2.42. The van der Waals surface area contributed by atoms with Crippen molar-refractivity contribution in [1.29, 1.82) is 0 Å². The van der Waals surface area contributed by atoms with Gasteiger partial charge in [-0.3, -0.25) is 9.59 Å². The maximum absolute atomic E-state index is 13.6. The van der Waals surface area contributed by atoms with Crippen LogP contribution in [0, 0.1) is 11.3 Å². The lowest BCUT2D eigenvalue weighted by atomic mass is 9.47. The number of nitrogens with zero attached hydrogens (tertiary/aromatic N) is 1. The monoisotopic (exact) mass is 478 g/mol. The van der Waals surface area contributed by atoms with Crippen LogP contribution in [0.25, 0.3) is 11.1 Å². The van der Waals surface area contributed by atoms with Gasteiger partial charge < -0.3 is 24.8 Å². The maximum atomic E-state index is 13.6. The van der Waals surface area contributed by atoms with Crippen molar-refractivity contribution in [3.8, 4) is 11.1 Å². The number of hydrogen-bond acceptors (Lipinski definition) is 5. The summed E-state index contributed by atoms with van der Waals surface area (Å²) in [6.07, 6.45) is -0.286. The minimum atomic E-state index is -1.30. The second kappa shape index (κ2) is 8.37. The largest absolute Gasteiger partial charge is 0.480 e. The number of amides is 2. The highest BCUT2D eigenvalue weighted by Crippen LogP contribution is 2.60. The molecular formula is C27H30N2O6. The molecule has 2 aromatic carbocycles. The number of carbonyl (C=O) groups is 3. The van der Waals surface area contributed by atoms with Gasteiger partial charge in [0.25, 0.3) is 0 Å². The summed E-state index contributed by atoms with van der Waals surface area (Å²) in [5.74, 6) is -1.91. The first-order chi connectivity index (χ1) is 16.7. The molecule has 2 N–H and O–H groups in total. The molecule has 1 heterocycles. The van der Waals surface area contributed by atoms with Crippen molar-refractivity contribution in [3.05, 3.63) is 59.7 Å². The molecule has 8 heteroatoms. The van der Waals surface area contributed by atoms with Gasteiger partial charge in [-0.15, -0.1) is 0 Å². The summed E-state index contributed by atoms with van der Waals surface area (Å²) in [4.78, 5) is 39.2. The zero-order chi connectivity index (χ0) is 25.0. The van der Waals surface area contributed by atoms with Gasteiger partial charge in [0, 0.05) is 30.9 Å². The van der Waals surface area contributed by atoms with Crippen LogP contribution >= 0.6 is 0 Å². The Bertz CT molecular complexity index is 1150. The Morgan fingerprint density at radius 1 is 1.09 bits per heavy atom. The molecule has 1 aliphatic heterocycles. The molecular weight excluding hydrogens is 448 g/mol. The molecule has 0 radical (unpaired) electrons. The number of fused-ring (bicyclic) bond motifs is 4. The van der Waals surface area contributed by atoms with Crippen molar-refractivity contribution >= 4 is 18.0 Å². The summed E-state index contributed by atoms with van der Waals surface area (Å²) < 4.78 is 11.6. The first kappa shape index (κ1) is 23.4. The predicted octanol–water partition coefficient (Wildman–Crippen LogP) is 3.25. The lowest BCUT2D eigenvalue weighted by molar-refractivity contribution is -0.191. The highest BCUT2D eigenvalue weighted by molar-refractivity contribution is 5.94. The van der Waals surface area contributed by atoms with Crippen LogP contribution in [-0.4, -0.2) is 66.4 Å². The van der Waals surface area contributed by atoms with E-state index >= 15 is 0 Å². The lowest BCUT2D eigenvalue weighted by Crippen LogP contribution is -2.82. The topological polar surface area (TPSA) is 105 Å². The number of ether oxygens (including phenoxy) is 2. The summed E-state index contributed by atoms with van der Waals surface area (Å²) in [5, 5.41) is 12.1. The minimum absolute atomic E-state index is 0.105. The van der Waals surface area contributed by atoms with Gasteiger partial charge in [-0.2, -0.15) is 0 Å². The molecule has 0 bridgehead atoms. The zero-order valence-corrected chi connectivity index (χ0v) is 20.1. The van der Waals surface area contributed by atoms with Gasteiger partial charge in [-0.05, 0) is 28.7 Å². The average Bonchev–Trinajstić information content (AvgIpc) is 3.43. The molecule has 0 aromatic heterocycles. The van der Waals surface area contributed by atoms with Crippen LogP contribution < -0.4 is 5.32 Å². The summed E-state index contributed by atoms with van der Waals surface area (Å²) in [6, 6.07) is 16.2. The van der Waals surface area contributed by atoms with E-state index in [1.165, 1.54) is 7.05 Å². The van der Waals surface area contributed by atoms with Crippen LogP contribution in [0.15, 0.2) is 48.5 Å². The highest BCUT2D eigenvalue weighted by atomic mass is 16.5. The zero-order valence-electron chi connectivity index (χ0n) is 20.1. The van der Waals surface area contributed by atoms with E-state index in [9.17, 15) is 19.5 Å². The molecule has 3 aliphatic rings. The lowest BCUT2D eigenvalue weighted by Gasteiger charge is -2.62. The second-order valence-corrected chi connectivity index (χ2v) is 10.2. The number of benzene rings is 2. The molecule has 2 fully saturated rings. The number of aliphatic carboxylic acids is 1. The van der Waals surface area contributed by atoms with Gasteiger partial charge in [-0.1, -0.05) is 62.4 Å². The minimum Gasteiger partial charge on any atom is -0.480 e. The quantitative estimate of drug-likeness (QED) is 0.660. The van der Waals surface area contributed by atoms with Crippen LogP contribution in [0.4, 0.5) is 4.79 Å². The molecule has 3 unspecified atom stereocenters. The molecule has 2 aliphatic carbocycles. The average molecular weight is 479 g/mol. The molecule has 2 aromatic rings. The first-order valence-corrected chi connectivity index (χ1v) is 11.9. The van der Waals surface area contributed by atoms with E-state index in [1.807, 2.05) is 50.2 Å². The molecule has 5 rings (SSSR count). The van der Waals surface area contributed by atoms with Crippen molar-refractivity contribution in [1.82, 2.24) is 10.2 Å². The predicted molar refractivity (Wildman–Crippen MR) is 128 cm³/mol. The van der Waals surface area contributed by atoms with Gasteiger partial charge in [0.2, 0.25) is 5.91 Å². The molecule has 184 valence electrons. The number of carbonyl (C=O) groups excluding carboxylic acids is 2. The third kappa shape index (κ3) is 3.42. The first-order valence-electron chi connectivity index (χ1n) is 11.9. The summed E-state index contributed by atoms with van der Waals surface area (Å²) >= 11 is 0. The van der Waals surface area contributed by atoms with E-state index in [0.29, 0.717) is 13.0 Å². The summed E-state index contributed by atoms with van der Waals surface area (Å²) in [7, 11) is 1.44. The Hall–Kier alpha value is -3.39. The van der Waals surface area contributed by atoms with Crippen LogP contribution in [-0.2, 0) is 19.1 Å². The molecule has 1 saturated carbocycles. The molecule has 35 heavy (non-hydrogen) atoms. The summed E-state index contributed by atoms with van der Waals surface area (Å²) in [6.45, 7) is 3.90. The Kier molecular flexibility index (Phi) is 5.59. The normalized spacial score (nSPS) is 25.6. The van der Waals surface area contributed by atoms with E-state index < -0.39 is 35.5 Å². The smallest absolute Gasteiger partial charge is 0.408 e. The Morgan fingerprint density at radius 3 is 2.29 bits per heavy atom. The van der Waals surface area contributed by atoms with Gasteiger partial charge in [0.05, 0.1) is 6.10 Å². The van der Waals surface area contributed by atoms with Crippen LogP contribution in [0.5, 0.6) is 0 Å². The van der Waals surface area contributed by atoms with Crippen molar-refractivity contribution in [2.45, 2.75) is 37.8 Å². The van der Waals surface area contributed by atoms with Gasteiger partial charge in [0.1, 0.15) is 18.7 Å². The van der Waals surface area contributed by atoms with Crippen LogP contribution in [0.1, 0.15) is 37.3 Å². The molecule has 3 atom stereocenters. The Balaban J connectivity index is 1.37. The van der Waals surface area contributed by atoms with Crippen molar-refractivity contribution in [2.24, 2.45) is 11.3 Å². The number of carboxylic acids is 1. The fourth-order valence-corrected chi connectivity index (χ4v) is 6.46. The fourth-order valence-electron chi connectivity index (χ4n) is 6.46. The Labute approximate surface area is 204 Å². The van der Waals surface area contributed by atoms with E-state index in [-0.39, 0.29) is 24.5 Å². The number of nitrogens with one attached hydrogen (secondary N) is 1. The molecule has 8 nitrogen and oxygen atoms in total. The van der Waals surface area contributed by atoms with Crippen LogP contribution in [0.3, 0.4) is 0 Å². The molecule has 1 saturated heterocycles. The van der Waals surface area contributed by atoms with Gasteiger partial charge in [-0.25, -0.2) is 4.79 Å². The van der Waals surface area contributed by atoms with E-state index in [4.69, 9.17) is 9.47 Å². The SMILES string of the molecule is CN(CC(=O)O)C(=O)C1(NC(=O)OCC2c3ccccc3-c3ccccc32)C2CCOC2C1(C)C. The number of rotatable bonds is 6. The Morgan fingerprint density at radius 2 is 1.69 bits per heavy atom. The molecule has 0 spiro atoms. The third-order valence-electron chi connectivity index (χ3n) is 8.07. The third-order valence-corrected chi connectivity index (χ3v) is 8.07. The maximum Gasteiger partial charge on any atom is 0.408 e. The van der Waals surface area contributed by atoms with Crippen molar-refractivity contribution < 1.29 is 29.0 Å². The van der Waals surface area contributed by atoms with Gasteiger partial charge in [0.15, 0.2) is 0 Å². The van der Waals surface area contributed by atoms with Gasteiger partial charge >= 0.3 is 12.1 Å². The number of hydrogen-bond donors (Lipinski definition) is 2. The number of alkyl carbamates (subject to hydrolysis) is 1. The second-order valence-electron chi connectivity index (χ2n) is 10.2. The molecule has 2 amide bonds. The number of carboxylic acid groups (broad SMARTS) is 1. The van der Waals surface area contributed by atoms with Crippen molar-refractivity contribution in [3.63, 3.8) is 0 Å². The number of likely N-dealkylation sites (N-methyl/N-ethyl adjacent to an activating group) is 1. The van der Waals surface area contributed by atoms with E-state index in [0.717, 1.165) is 27.2 Å². The van der Waals surface area contributed by atoms with E-state index in [2.05, 4.69) is 17.4 Å². The van der Waals surface area contributed by atoms with Crippen molar-refractivity contribution in [2.75, 3.05) is 26.8 Å².